The van der Waals surface area contributed by atoms with Crippen LogP contribution in [0.1, 0.15) is 43.2 Å². The molecule has 2 fully saturated rings. The van der Waals surface area contributed by atoms with E-state index in [1.807, 2.05) is 18.2 Å². The van der Waals surface area contributed by atoms with Gasteiger partial charge in [0.05, 0.1) is 6.54 Å². The Bertz CT molecular complexity index is 593. The van der Waals surface area contributed by atoms with E-state index in [-0.39, 0.29) is 5.78 Å². The predicted molar refractivity (Wildman–Crippen MR) is 83.6 cm³/mol. The first-order chi connectivity index (χ1) is 10.3. The number of rotatable bonds is 3. The Morgan fingerprint density at radius 1 is 1.24 bits per heavy atom. The molecular formula is C18H22N2O. The summed E-state index contributed by atoms with van der Waals surface area (Å²) >= 11 is 0. The molecule has 0 bridgehead atoms. The summed E-state index contributed by atoms with van der Waals surface area (Å²) in [5.41, 5.74) is 3.00. The topological polar surface area (TPSA) is 32.7 Å². The van der Waals surface area contributed by atoms with E-state index in [1.54, 1.807) is 0 Å². The predicted octanol–water partition coefficient (Wildman–Crippen LogP) is 2.82. The maximum Gasteiger partial charge on any atom is 0.181 e. The van der Waals surface area contributed by atoms with Gasteiger partial charge in [-0.2, -0.15) is 0 Å². The lowest BCUT2D eigenvalue weighted by molar-refractivity contribution is -0.114. The number of nitrogens with zero attached hydrogens (tertiary/aromatic N) is 2. The van der Waals surface area contributed by atoms with Crippen molar-refractivity contribution in [3.63, 3.8) is 0 Å². The zero-order valence-electron chi connectivity index (χ0n) is 12.4. The zero-order valence-corrected chi connectivity index (χ0v) is 12.4. The summed E-state index contributed by atoms with van der Waals surface area (Å²) in [6.45, 7) is 3.03. The molecule has 2 atom stereocenters. The fraction of sp³-hybridized carbons (Fsp3) is 0.556. The fourth-order valence-electron chi connectivity index (χ4n) is 4.22. The monoisotopic (exact) mass is 282 g/mol. The van der Waals surface area contributed by atoms with E-state index in [2.05, 4.69) is 16.0 Å². The van der Waals surface area contributed by atoms with E-state index in [9.17, 15) is 4.79 Å². The van der Waals surface area contributed by atoms with E-state index < -0.39 is 0 Å². The van der Waals surface area contributed by atoms with E-state index in [0.29, 0.717) is 18.9 Å². The van der Waals surface area contributed by atoms with Crippen molar-refractivity contribution in [2.75, 3.05) is 13.1 Å². The first-order valence-corrected chi connectivity index (χ1v) is 8.21. The number of carbonyl (C=O) groups is 1. The van der Waals surface area contributed by atoms with Crippen molar-refractivity contribution in [1.82, 2.24) is 4.90 Å². The van der Waals surface area contributed by atoms with Gasteiger partial charge in [0.2, 0.25) is 0 Å². The van der Waals surface area contributed by atoms with Gasteiger partial charge >= 0.3 is 0 Å². The lowest BCUT2D eigenvalue weighted by Crippen LogP contribution is -2.40. The number of Topliss-reactive ketones (excluding diaryl/α,β-unsaturated/α-hetero) is 1. The van der Waals surface area contributed by atoms with Crippen LogP contribution in [0.3, 0.4) is 0 Å². The molecule has 1 aromatic rings. The second-order valence-corrected chi connectivity index (χ2v) is 6.68. The maximum atomic E-state index is 12.6. The van der Waals surface area contributed by atoms with Crippen LogP contribution in [-0.2, 0) is 11.3 Å². The molecule has 110 valence electrons. The standard InChI is InChI=1S/C18H22N2O/c21-17(18-16-6-2-1-4-14(16)11-19-18)10-13-7-8-15-5-3-9-20(15)12-13/h1-2,4,6,13,15H,3,5,7-12H2/t13-,15+/m1/s1. The Balaban J connectivity index is 1.43. The molecule has 3 nitrogen and oxygen atoms in total. The van der Waals surface area contributed by atoms with Crippen LogP contribution in [0.2, 0.25) is 0 Å². The number of fused-ring (bicyclic) bond motifs is 2. The number of aliphatic imine (C=N–C) groups is 1. The molecule has 3 heterocycles. The summed E-state index contributed by atoms with van der Waals surface area (Å²) in [6.07, 6.45) is 5.87. The summed E-state index contributed by atoms with van der Waals surface area (Å²) in [4.78, 5) is 19.7. The summed E-state index contributed by atoms with van der Waals surface area (Å²) in [7, 11) is 0. The highest BCUT2D eigenvalue weighted by molar-refractivity contribution is 6.47. The highest BCUT2D eigenvalue weighted by atomic mass is 16.1. The van der Waals surface area contributed by atoms with Crippen LogP contribution in [0.25, 0.3) is 0 Å². The molecule has 2 saturated heterocycles. The van der Waals surface area contributed by atoms with E-state index in [1.165, 1.54) is 37.8 Å². The molecule has 0 radical (unpaired) electrons. The number of piperidine rings is 1. The molecule has 3 aliphatic rings. The Morgan fingerprint density at radius 2 is 2.14 bits per heavy atom. The van der Waals surface area contributed by atoms with Crippen molar-refractivity contribution < 1.29 is 4.79 Å². The van der Waals surface area contributed by atoms with Crippen molar-refractivity contribution in [1.29, 1.82) is 0 Å². The number of hydrogen-bond acceptors (Lipinski definition) is 3. The van der Waals surface area contributed by atoms with Gasteiger partial charge in [0, 0.05) is 24.6 Å². The van der Waals surface area contributed by atoms with E-state index >= 15 is 0 Å². The molecule has 3 aliphatic heterocycles. The molecule has 0 aromatic heterocycles. The minimum atomic E-state index is 0.252. The molecule has 1 aromatic carbocycles. The van der Waals surface area contributed by atoms with Crippen LogP contribution in [-0.4, -0.2) is 35.5 Å². The largest absolute Gasteiger partial charge is 0.300 e. The van der Waals surface area contributed by atoms with Gasteiger partial charge in [0.15, 0.2) is 5.78 Å². The van der Waals surface area contributed by atoms with Gasteiger partial charge < -0.3 is 4.90 Å². The summed E-state index contributed by atoms with van der Waals surface area (Å²) in [6, 6.07) is 8.95. The quantitative estimate of drug-likeness (QED) is 0.854. The molecule has 4 rings (SSSR count). The summed E-state index contributed by atoms with van der Waals surface area (Å²) in [5.74, 6) is 0.782. The van der Waals surface area contributed by atoms with Crippen molar-refractivity contribution in [3.8, 4) is 0 Å². The number of benzene rings is 1. The van der Waals surface area contributed by atoms with Crippen molar-refractivity contribution in [2.45, 2.75) is 44.7 Å². The van der Waals surface area contributed by atoms with Crippen LogP contribution >= 0.6 is 0 Å². The third-order valence-corrected chi connectivity index (χ3v) is 5.32. The van der Waals surface area contributed by atoms with Gasteiger partial charge in [0.1, 0.15) is 5.71 Å². The second kappa shape index (κ2) is 5.38. The molecular weight excluding hydrogens is 260 g/mol. The van der Waals surface area contributed by atoms with E-state index in [0.717, 1.165) is 23.9 Å². The normalized spacial score (nSPS) is 28.1. The van der Waals surface area contributed by atoms with Crippen molar-refractivity contribution in [2.24, 2.45) is 10.9 Å². The molecule has 21 heavy (non-hydrogen) atoms. The Hall–Kier alpha value is -1.48. The smallest absolute Gasteiger partial charge is 0.181 e. The SMILES string of the molecule is O=C(C[C@H]1CC[C@@H]2CCCN2C1)C1=NCc2ccccc21. The highest BCUT2D eigenvalue weighted by Gasteiger charge is 2.33. The van der Waals surface area contributed by atoms with Crippen LogP contribution < -0.4 is 0 Å². The average Bonchev–Trinajstić information content (AvgIpc) is 3.13. The molecule has 0 spiro atoms. The van der Waals surface area contributed by atoms with Gasteiger partial charge in [0.25, 0.3) is 0 Å². The molecule has 0 amide bonds. The lowest BCUT2D eigenvalue weighted by atomic mass is 9.88. The third kappa shape index (κ3) is 2.44. The first kappa shape index (κ1) is 13.2. The molecule has 0 N–H and O–H groups in total. The fourth-order valence-corrected chi connectivity index (χ4v) is 4.22. The van der Waals surface area contributed by atoms with Gasteiger partial charge in [-0.25, -0.2) is 0 Å². The maximum absolute atomic E-state index is 12.6. The third-order valence-electron chi connectivity index (χ3n) is 5.32. The van der Waals surface area contributed by atoms with E-state index in [4.69, 9.17) is 0 Å². The molecule has 0 unspecified atom stereocenters. The lowest BCUT2D eigenvalue weighted by Gasteiger charge is -2.34. The van der Waals surface area contributed by atoms with Crippen LogP contribution in [0, 0.1) is 5.92 Å². The van der Waals surface area contributed by atoms with Gasteiger partial charge in [-0.3, -0.25) is 9.79 Å². The van der Waals surface area contributed by atoms with Crippen LogP contribution in [0.5, 0.6) is 0 Å². The number of ketones is 1. The molecule has 0 saturated carbocycles. The molecule has 3 heteroatoms. The van der Waals surface area contributed by atoms with Gasteiger partial charge in [-0.05, 0) is 43.7 Å². The first-order valence-electron chi connectivity index (χ1n) is 8.21. The van der Waals surface area contributed by atoms with Gasteiger partial charge in [-0.1, -0.05) is 24.3 Å². The van der Waals surface area contributed by atoms with Crippen molar-refractivity contribution in [3.05, 3.63) is 35.4 Å². The minimum absolute atomic E-state index is 0.252. The summed E-state index contributed by atoms with van der Waals surface area (Å²) in [5, 5.41) is 0. The van der Waals surface area contributed by atoms with Gasteiger partial charge in [-0.15, -0.1) is 0 Å². The Morgan fingerprint density at radius 3 is 3.10 bits per heavy atom. The number of hydrogen-bond donors (Lipinski definition) is 0. The minimum Gasteiger partial charge on any atom is -0.300 e. The second-order valence-electron chi connectivity index (χ2n) is 6.68. The highest BCUT2D eigenvalue weighted by Crippen LogP contribution is 2.31. The molecule has 0 aliphatic carbocycles. The zero-order chi connectivity index (χ0) is 14.2. The number of carbonyl (C=O) groups excluding carboxylic acids is 1. The Labute approximate surface area is 126 Å². The average molecular weight is 282 g/mol. The van der Waals surface area contributed by atoms with Crippen LogP contribution in [0.15, 0.2) is 29.3 Å². The summed E-state index contributed by atoms with van der Waals surface area (Å²) < 4.78 is 0. The van der Waals surface area contributed by atoms with Crippen molar-refractivity contribution >= 4 is 11.5 Å². The van der Waals surface area contributed by atoms with Crippen LogP contribution in [0.4, 0.5) is 0 Å². The Kier molecular flexibility index (Phi) is 3.38.